The molecule has 1 amide bonds. The molecule has 0 bridgehead atoms. The first-order chi connectivity index (χ1) is 13.2. The van der Waals surface area contributed by atoms with Gasteiger partial charge in [0, 0.05) is 11.9 Å². The van der Waals surface area contributed by atoms with E-state index in [1.165, 1.54) is 6.20 Å². The second-order valence-corrected chi connectivity index (χ2v) is 5.65. The van der Waals surface area contributed by atoms with Crippen LogP contribution >= 0.6 is 0 Å². The van der Waals surface area contributed by atoms with Gasteiger partial charge in [-0.2, -0.15) is 0 Å². The molecule has 7 heteroatoms. The van der Waals surface area contributed by atoms with Crippen molar-refractivity contribution >= 4 is 23.3 Å². The lowest BCUT2D eigenvalue weighted by Crippen LogP contribution is -2.22. The Morgan fingerprint density at radius 2 is 1.89 bits per heavy atom. The highest BCUT2D eigenvalue weighted by Gasteiger charge is 2.09. The highest BCUT2D eigenvalue weighted by atomic mass is 16.5. The maximum atomic E-state index is 12.3. The van der Waals surface area contributed by atoms with E-state index in [4.69, 9.17) is 9.15 Å². The van der Waals surface area contributed by atoms with E-state index >= 15 is 0 Å². The fraction of sp³-hybridized carbons (Fsp3) is 0.150. The summed E-state index contributed by atoms with van der Waals surface area (Å²) >= 11 is 0. The summed E-state index contributed by atoms with van der Waals surface area (Å²) in [5, 5.41) is 5.93. The predicted molar refractivity (Wildman–Crippen MR) is 99.8 cm³/mol. The molecule has 27 heavy (non-hydrogen) atoms. The molecule has 0 aliphatic heterocycles. The van der Waals surface area contributed by atoms with Crippen molar-refractivity contribution in [1.82, 2.24) is 10.3 Å². The van der Waals surface area contributed by atoms with Crippen molar-refractivity contribution in [3.05, 3.63) is 78.0 Å². The first-order valence-electron chi connectivity index (χ1n) is 8.45. The van der Waals surface area contributed by atoms with Gasteiger partial charge in [0.05, 0.1) is 42.4 Å². The van der Waals surface area contributed by atoms with Gasteiger partial charge in [0.15, 0.2) is 0 Å². The van der Waals surface area contributed by atoms with Gasteiger partial charge in [-0.15, -0.1) is 0 Å². The van der Waals surface area contributed by atoms with Crippen molar-refractivity contribution in [2.45, 2.75) is 13.5 Å². The van der Waals surface area contributed by atoms with Gasteiger partial charge in [-0.05, 0) is 49.4 Å². The summed E-state index contributed by atoms with van der Waals surface area (Å²) in [5.74, 6) is 0.0634. The Balaban J connectivity index is 1.63. The number of benzene rings is 1. The van der Waals surface area contributed by atoms with Gasteiger partial charge >= 0.3 is 5.97 Å². The third-order valence-corrected chi connectivity index (χ3v) is 3.69. The number of hydrogen-bond acceptors (Lipinski definition) is 6. The van der Waals surface area contributed by atoms with Gasteiger partial charge in [0.2, 0.25) is 0 Å². The molecule has 2 aromatic heterocycles. The summed E-state index contributed by atoms with van der Waals surface area (Å²) in [4.78, 5) is 28.0. The van der Waals surface area contributed by atoms with E-state index in [1.807, 2.05) is 0 Å². The van der Waals surface area contributed by atoms with Crippen LogP contribution in [0.1, 0.15) is 33.4 Å². The van der Waals surface area contributed by atoms with Crippen LogP contribution in [0.4, 0.5) is 11.4 Å². The van der Waals surface area contributed by atoms with Crippen molar-refractivity contribution in [1.29, 1.82) is 0 Å². The van der Waals surface area contributed by atoms with Crippen LogP contribution in [-0.4, -0.2) is 23.5 Å². The van der Waals surface area contributed by atoms with Crippen LogP contribution in [0.15, 0.2) is 65.5 Å². The summed E-state index contributed by atoms with van der Waals surface area (Å²) < 4.78 is 10.1. The number of esters is 1. The molecule has 3 rings (SSSR count). The SMILES string of the molecule is CCOC(=O)c1ccc(Nc2cncc(C(=O)NCc3ccco3)c2)cc1. The Labute approximate surface area is 156 Å². The van der Waals surface area contributed by atoms with E-state index in [1.54, 1.807) is 61.8 Å². The molecule has 3 aromatic rings. The number of rotatable bonds is 7. The number of carbonyl (C=O) groups is 2. The largest absolute Gasteiger partial charge is 0.467 e. The summed E-state index contributed by atoms with van der Waals surface area (Å²) in [7, 11) is 0. The average Bonchev–Trinajstić information content (AvgIpc) is 3.21. The summed E-state index contributed by atoms with van der Waals surface area (Å²) in [5.41, 5.74) is 2.32. The number of hydrogen-bond donors (Lipinski definition) is 2. The monoisotopic (exact) mass is 365 g/mol. The smallest absolute Gasteiger partial charge is 0.338 e. The molecule has 138 valence electrons. The molecule has 2 N–H and O–H groups in total. The van der Waals surface area contributed by atoms with Crippen LogP contribution in [0, 0.1) is 0 Å². The highest BCUT2D eigenvalue weighted by Crippen LogP contribution is 2.18. The number of aromatic nitrogens is 1. The number of carbonyl (C=O) groups excluding carboxylic acids is 2. The molecule has 0 saturated carbocycles. The molecule has 0 aliphatic carbocycles. The summed E-state index contributed by atoms with van der Waals surface area (Å²) in [6.07, 6.45) is 4.66. The number of nitrogens with one attached hydrogen (secondary N) is 2. The van der Waals surface area contributed by atoms with E-state index in [0.717, 1.165) is 5.69 Å². The van der Waals surface area contributed by atoms with Crippen LogP contribution in [0.3, 0.4) is 0 Å². The number of furan rings is 1. The number of amides is 1. The zero-order valence-corrected chi connectivity index (χ0v) is 14.8. The Bertz CT molecular complexity index is 905. The third kappa shape index (κ3) is 4.94. The first kappa shape index (κ1) is 18.2. The Kier molecular flexibility index (Phi) is 5.84. The van der Waals surface area contributed by atoms with Crippen LogP contribution in [0.5, 0.6) is 0 Å². The zero-order valence-electron chi connectivity index (χ0n) is 14.8. The molecule has 0 radical (unpaired) electrons. The zero-order chi connectivity index (χ0) is 19.1. The van der Waals surface area contributed by atoms with Gasteiger partial charge in [-0.1, -0.05) is 0 Å². The van der Waals surface area contributed by atoms with E-state index in [9.17, 15) is 9.59 Å². The van der Waals surface area contributed by atoms with Crippen LogP contribution in [-0.2, 0) is 11.3 Å². The molecule has 0 aliphatic rings. The van der Waals surface area contributed by atoms with Crippen LogP contribution in [0.2, 0.25) is 0 Å². The summed E-state index contributed by atoms with van der Waals surface area (Å²) in [6.45, 7) is 2.40. The Morgan fingerprint density at radius 1 is 1.07 bits per heavy atom. The number of ether oxygens (including phenoxy) is 1. The third-order valence-electron chi connectivity index (χ3n) is 3.69. The van der Waals surface area contributed by atoms with Crippen molar-refractivity contribution < 1.29 is 18.7 Å². The number of nitrogens with zero attached hydrogens (tertiary/aromatic N) is 1. The average molecular weight is 365 g/mol. The van der Waals surface area contributed by atoms with Crippen molar-refractivity contribution in [3.8, 4) is 0 Å². The maximum absolute atomic E-state index is 12.3. The minimum atomic E-state index is -0.360. The van der Waals surface area contributed by atoms with E-state index in [-0.39, 0.29) is 11.9 Å². The minimum absolute atomic E-state index is 0.250. The van der Waals surface area contributed by atoms with Gasteiger partial charge in [-0.25, -0.2) is 4.79 Å². The normalized spacial score (nSPS) is 10.3. The molecule has 0 fully saturated rings. The quantitative estimate of drug-likeness (QED) is 0.622. The van der Waals surface area contributed by atoms with Gasteiger partial charge in [0.25, 0.3) is 5.91 Å². The standard InChI is InChI=1S/C20H19N3O4/c1-2-26-20(25)14-5-7-16(8-6-14)23-17-10-15(11-21-12-17)19(24)22-13-18-4-3-9-27-18/h3-12,23H,2,13H2,1H3,(H,22,24). The maximum Gasteiger partial charge on any atom is 0.338 e. The minimum Gasteiger partial charge on any atom is -0.467 e. The lowest BCUT2D eigenvalue weighted by Gasteiger charge is -2.09. The number of pyridine rings is 1. The lowest BCUT2D eigenvalue weighted by molar-refractivity contribution is 0.0526. The van der Waals surface area contributed by atoms with E-state index in [2.05, 4.69) is 15.6 Å². The van der Waals surface area contributed by atoms with E-state index < -0.39 is 0 Å². The van der Waals surface area contributed by atoms with Crippen molar-refractivity contribution in [3.63, 3.8) is 0 Å². The van der Waals surface area contributed by atoms with Crippen molar-refractivity contribution in [2.24, 2.45) is 0 Å². The van der Waals surface area contributed by atoms with Crippen molar-refractivity contribution in [2.75, 3.05) is 11.9 Å². The molecular weight excluding hydrogens is 346 g/mol. The molecule has 2 heterocycles. The second-order valence-electron chi connectivity index (χ2n) is 5.65. The molecule has 0 atom stereocenters. The highest BCUT2D eigenvalue weighted by molar-refractivity contribution is 5.95. The molecule has 7 nitrogen and oxygen atoms in total. The Hall–Kier alpha value is -3.61. The van der Waals surface area contributed by atoms with Crippen LogP contribution in [0.25, 0.3) is 0 Å². The predicted octanol–water partition coefficient (Wildman–Crippen LogP) is 3.52. The Morgan fingerprint density at radius 3 is 2.59 bits per heavy atom. The molecule has 1 aromatic carbocycles. The first-order valence-corrected chi connectivity index (χ1v) is 8.45. The molecular formula is C20H19N3O4. The second kappa shape index (κ2) is 8.66. The van der Waals surface area contributed by atoms with Crippen LogP contribution < -0.4 is 10.6 Å². The topological polar surface area (TPSA) is 93.5 Å². The summed E-state index contributed by atoms with van der Waals surface area (Å²) in [6, 6.07) is 12.1. The molecule has 0 unspecified atom stereocenters. The molecule has 0 spiro atoms. The van der Waals surface area contributed by atoms with Gasteiger partial charge in [0.1, 0.15) is 5.76 Å². The fourth-order valence-electron chi connectivity index (χ4n) is 2.39. The molecule has 0 saturated heterocycles. The van der Waals surface area contributed by atoms with Gasteiger partial charge in [-0.3, -0.25) is 9.78 Å². The lowest BCUT2D eigenvalue weighted by atomic mass is 10.2. The van der Waals surface area contributed by atoms with Gasteiger partial charge < -0.3 is 19.8 Å². The number of anilines is 2. The fourth-order valence-corrected chi connectivity index (χ4v) is 2.39. The van der Waals surface area contributed by atoms with E-state index in [0.29, 0.717) is 35.7 Å².